The Kier molecular flexibility index (Phi) is 6.31. The van der Waals surface area contributed by atoms with Crippen LogP contribution in [0.4, 0.5) is 13.2 Å². The Morgan fingerprint density at radius 1 is 1.06 bits per heavy atom. The number of fused-ring (bicyclic) bond motifs is 1. The van der Waals surface area contributed by atoms with Crippen molar-refractivity contribution in [2.45, 2.75) is 44.8 Å². The van der Waals surface area contributed by atoms with Crippen LogP contribution in [0.15, 0.2) is 61.2 Å². The molecular weight excluding hydrogens is 445 g/mol. The van der Waals surface area contributed by atoms with Gasteiger partial charge in [-0.05, 0) is 43.2 Å². The molecule has 0 saturated heterocycles. The van der Waals surface area contributed by atoms with Gasteiger partial charge < -0.3 is 5.11 Å². The number of imidazole rings is 1. The van der Waals surface area contributed by atoms with Gasteiger partial charge in [0.15, 0.2) is 0 Å². The van der Waals surface area contributed by atoms with E-state index in [1.165, 1.54) is 0 Å². The van der Waals surface area contributed by atoms with Gasteiger partial charge >= 0.3 is 6.18 Å². The first-order chi connectivity index (χ1) is 16.1. The molecule has 0 radical (unpaired) electrons. The summed E-state index contributed by atoms with van der Waals surface area (Å²) < 4.78 is 40.8. The van der Waals surface area contributed by atoms with Crippen molar-refractivity contribution in [3.63, 3.8) is 0 Å². The van der Waals surface area contributed by atoms with Crippen molar-refractivity contribution in [1.29, 1.82) is 0 Å². The highest BCUT2D eigenvalue weighted by molar-refractivity contribution is 5.81. The smallest absolute Gasteiger partial charge is 0.389 e. The summed E-state index contributed by atoms with van der Waals surface area (Å²) in [5.41, 5.74) is 4.31. The Hall–Kier alpha value is -3.46. The van der Waals surface area contributed by atoms with E-state index in [1.807, 2.05) is 54.9 Å². The minimum atomic E-state index is -4.33. The van der Waals surface area contributed by atoms with Gasteiger partial charge in [0.1, 0.15) is 11.4 Å². The van der Waals surface area contributed by atoms with Gasteiger partial charge in [0, 0.05) is 36.4 Å². The molecule has 34 heavy (non-hydrogen) atoms. The number of carbonyl (C=O) groups is 1. The highest BCUT2D eigenvalue weighted by Gasteiger charge is 2.27. The molecule has 0 fully saturated rings. The van der Waals surface area contributed by atoms with E-state index < -0.39 is 30.3 Å². The summed E-state index contributed by atoms with van der Waals surface area (Å²) in [6.45, 7) is 3.75. The molecule has 3 heterocycles. The lowest BCUT2D eigenvalue weighted by Crippen LogP contribution is -2.30. The Morgan fingerprint density at radius 3 is 2.59 bits per heavy atom. The maximum absolute atomic E-state index is 12.4. The zero-order valence-corrected chi connectivity index (χ0v) is 18.9. The summed E-state index contributed by atoms with van der Waals surface area (Å²) in [6.07, 6.45) is 1.25. The van der Waals surface area contributed by atoms with Gasteiger partial charge in [-0.25, -0.2) is 4.98 Å². The topological polar surface area (TPSA) is 72.4 Å². The normalized spacial score (nSPS) is 12.4. The number of halogens is 3. The molecular formula is C25H25F3N4O2. The molecule has 0 bridgehead atoms. The molecule has 1 N–H and O–H groups in total. The van der Waals surface area contributed by atoms with Crippen molar-refractivity contribution in [2.24, 2.45) is 0 Å². The summed E-state index contributed by atoms with van der Waals surface area (Å²) in [6, 6.07) is 11.1. The van der Waals surface area contributed by atoms with Gasteiger partial charge in [0.25, 0.3) is 0 Å². The van der Waals surface area contributed by atoms with Crippen molar-refractivity contribution in [2.75, 3.05) is 6.61 Å². The Labute approximate surface area is 194 Å². The highest BCUT2D eigenvalue weighted by Crippen LogP contribution is 2.27. The molecule has 0 aliphatic carbocycles. The van der Waals surface area contributed by atoms with Gasteiger partial charge in [0.2, 0.25) is 0 Å². The number of nitrogens with zero attached hydrogens (tertiary/aromatic N) is 4. The zero-order valence-electron chi connectivity index (χ0n) is 18.9. The van der Waals surface area contributed by atoms with Crippen molar-refractivity contribution < 1.29 is 23.1 Å². The van der Waals surface area contributed by atoms with Crippen LogP contribution in [-0.4, -0.2) is 42.8 Å². The van der Waals surface area contributed by atoms with E-state index in [9.17, 15) is 23.1 Å². The number of hydrogen-bond acceptors (Lipinski definition) is 4. The second-order valence-electron chi connectivity index (χ2n) is 8.96. The molecule has 178 valence electrons. The number of Topliss-reactive ketones (excluding diaryl/α,β-unsaturated/α-hetero) is 1. The SMILES string of the molecule is CC(C)(CO)n1cc(-c2ccn3c(-c4cccc(CC(=O)CCC(F)(F)F)c4)cnc3c2)cn1. The molecule has 4 rings (SSSR count). The molecule has 0 saturated carbocycles. The fraction of sp³-hybridized carbons (Fsp3) is 0.320. The molecule has 0 unspecified atom stereocenters. The average Bonchev–Trinajstić information content (AvgIpc) is 3.45. The lowest BCUT2D eigenvalue weighted by atomic mass is 10.0. The molecule has 0 atom stereocenters. The standard InChI is InChI=1S/C25H25F3N4O2/c1-24(2,16-33)32-15-20(13-30-32)18-7-9-31-22(14-29-23(31)12-18)19-5-3-4-17(10-19)11-21(34)6-8-25(26,27)28/h3-5,7,9-10,12-15,33H,6,8,11,16H2,1-2H3. The molecule has 4 aromatic rings. The van der Waals surface area contributed by atoms with Gasteiger partial charge in [-0.3, -0.25) is 13.9 Å². The fourth-order valence-electron chi connectivity index (χ4n) is 3.69. The number of alkyl halides is 3. The average molecular weight is 470 g/mol. The number of carbonyl (C=O) groups excluding carboxylic acids is 1. The predicted molar refractivity (Wildman–Crippen MR) is 122 cm³/mol. The minimum Gasteiger partial charge on any atom is -0.394 e. The molecule has 1 aromatic carbocycles. The lowest BCUT2D eigenvalue weighted by Gasteiger charge is -2.22. The summed E-state index contributed by atoms with van der Waals surface area (Å²) in [4.78, 5) is 16.5. The second-order valence-corrected chi connectivity index (χ2v) is 8.96. The first kappa shape index (κ1) is 23.7. The van der Waals surface area contributed by atoms with Crippen LogP contribution in [0.3, 0.4) is 0 Å². The third kappa shape index (κ3) is 5.20. The first-order valence-electron chi connectivity index (χ1n) is 10.9. The maximum Gasteiger partial charge on any atom is 0.389 e. The summed E-state index contributed by atoms with van der Waals surface area (Å²) in [5.74, 6) is -0.442. The third-order valence-corrected chi connectivity index (χ3v) is 5.75. The molecule has 0 aliphatic rings. The highest BCUT2D eigenvalue weighted by atomic mass is 19.4. The van der Waals surface area contributed by atoms with Gasteiger partial charge in [-0.1, -0.05) is 18.2 Å². The van der Waals surface area contributed by atoms with Crippen LogP contribution in [0.25, 0.3) is 28.0 Å². The number of aliphatic hydroxyl groups is 1. The quantitative estimate of drug-likeness (QED) is 0.391. The maximum atomic E-state index is 12.4. The number of rotatable bonds is 8. The largest absolute Gasteiger partial charge is 0.394 e. The van der Waals surface area contributed by atoms with E-state index in [-0.39, 0.29) is 13.0 Å². The molecule has 3 aromatic heterocycles. The van der Waals surface area contributed by atoms with Crippen LogP contribution in [0.2, 0.25) is 0 Å². The molecule has 6 nitrogen and oxygen atoms in total. The second kappa shape index (κ2) is 9.06. The predicted octanol–water partition coefficient (Wildman–Crippen LogP) is 5.05. The number of pyridine rings is 1. The number of ketones is 1. The van der Waals surface area contributed by atoms with Crippen LogP contribution in [0.5, 0.6) is 0 Å². The monoisotopic (exact) mass is 470 g/mol. The van der Waals surface area contributed by atoms with Crippen LogP contribution < -0.4 is 0 Å². The van der Waals surface area contributed by atoms with Crippen molar-refractivity contribution in [3.05, 3.63) is 66.7 Å². The van der Waals surface area contributed by atoms with E-state index in [0.29, 0.717) is 11.2 Å². The molecule has 9 heteroatoms. The molecule has 0 spiro atoms. The Balaban J connectivity index is 1.56. The van der Waals surface area contributed by atoms with Gasteiger partial charge in [-0.15, -0.1) is 0 Å². The Morgan fingerprint density at radius 2 is 1.85 bits per heavy atom. The van der Waals surface area contributed by atoms with E-state index in [1.54, 1.807) is 29.2 Å². The number of aliphatic hydroxyl groups excluding tert-OH is 1. The fourth-order valence-corrected chi connectivity index (χ4v) is 3.69. The zero-order chi connectivity index (χ0) is 24.5. The van der Waals surface area contributed by atoms with Crippen molar-refractivity contribution in [3.8, 4) is 22.4 Å². The summed E-state index contributed by atoms with van der Waals surface area (Å²) in [7, 11) is 0. The van der Waals surface area contributed by atoms with E-state index in [4.69, 9.17) is 0 Å². The van der Waals surface area contributed by atoms with E-state index in [0.717, 1.165) is 22.4 Å². The lowest BCUT2D eigenvalue weighted by molar-refractivity contribution is -0.143. The van der Waals surface area contributed by atoms with Crippen LogP contribution >= 0.6 is 0 Å². The molecule has 0 aliphatic heterocycles. The first-order valence-corrected chi connectivity index (χ1v) is 10.9. The summed E-state index contributed by atoms with van der Waals surface area (Å²) in [5, 5.41) is 13.9. The van der Waals surface area contributed by atoms with Crippen molar-refractivity contribution >= 4 is 11.4 Å². The van der Waals surface area contributed by atoms with Crippen LogP contribution in [0.1, 0.15) is 32.3 Å². The van der Waals surface area contributed by atoms with Gasteiger partial charge in [-0.2, -0.15) is 18.3 Å². The van der Waals surface area contributed by atoms with Crippen LogP contribution in [0, 0.1) is 0 Å². The van der Waals surface area contributed by atoms with Crippen LogP contribution in [-0.2, 0) is 16.8 Å². The minimum absolute atomic E-state index is 0.0379. The molecule has 0 amide bonds. The number of benzene rings is 1. The number of hydrogen-bond donors (Lipinski definition) is 1. The van der Waals surface area contributed by atoms with Crippen molar-refractivity contribution in [1.82, 2.24) is 19.2 Å². The number of aromatic nitrogens is 4. The van der Waals surface area contributed by atoms with E-state index >= 15 is 0 Å². The Bertz CT molecular complexity index is 1320. The third-order valence-electron chi connectivity index (χ3n) is 5.75. The summed E-state index contributed by atoms with van der Waals surface area (Å²) >= 11 is 0. The van der Waals surface area contributed by atoms with E-state index in [2.05, 4.69) is 10.1 Å². The van der Waals surface area contributed by atoms with Gasteiger partial charge in [0.05, 0.1) is 36.7 Å².